The first-order chi connectivity index (χ1) is 9.21. The molecule has 1 amide bonds. The quantitative estimate of drug-likeness (QED) is 0.845. The first-order valence-electron chi connectivity index (χ1n) is 5.60. The minimum absolute atomic E-state index is 0.189. The number of hydrogen-bond acceptors (Lipinski definition) is 2. The van der Waals surface area contributed by atoms with Crippen LogP contribution in [0.5, 0.6) is 0 Å². The molecule has 4 nitrogen and oxygen atoms in total. The Labute approximate surface area is 120 Å². The summed E-state index contributed by atoms with van der Waals surface area (Å²) in [5.41, 5.74) is 0.836. The second-order valence-electron chi connectivity index (χ2n) is 4.33. The normalized spacial score (nSPS) is 18.6. The van der Waals surface area contributed by atoms with Gasteiger partial charge in [0.1, 0.15) is 0 Å². The van der Waals surface area contributed by atoms with Crippen LogP contribution in [-0.2, 0) is 16.0 Å². The van der Waals surface area contributed by atoms with Crippen molar-refractivity contribution >= 4 is 27.8 Å². The van der Waals surface area contributed by atoms with Crippen LogP contribution in [0.2, 0.25) is 0 Å². The molecule has 1 aliphatic rings. The van der Waals surface area contributed by atoms with Gasteiger partial charge >= 0.3 is 18.1 Å². The summed E-state index contributed by atoms with van der Waals surface area (Å²) in [5, 5.41) is 9.18. The van der Waals surface area contributed by atoms with Crippen molar-refractivity contribution in [2.45, 2.75) is 18.6 Å². The summed E-state index contributed by atoms with van der Waals surface area (Å²) in [7, 11) is 0. The van der Waals surface area contributed by atoms with Crippen molar-refractivity contribution in [3.8, 4) is 0 Å². The summed E-state index contributed by atoms with van der Waals surface area (Å²) in [6.45, 7) is -0.274. The van der Waals surface area contributed by atoms with Crippen LogP contribution >= 0.6 is 15.9 Å². The summed E-state index contributed by atoms with van der Waals surface area (Å²) in [5.74, 6) is -3.61. The molecule has 1 aliphatic heterocycles. The van der Waals surface area contributed by atoms with Crippen molar-refractivity contribution in [3.63, 3.8) is 0 Å². The van der Waals surface area contributed by atoms with Gasteiger partial charge in [-0.25, -0.2) is 4.79 Å². The topological polar surface area (TPSA) is 57.6 Å². The Kier molecular flexibility index (Phi) is 3.77. The Hall–Kier alpha value is -1.57. The molecule has 8 heteroatoms. The lowest BCUT2D eigenvalue weighted by Gasteiger charge is -2.35. The predicted molar refractivity (Wildman–Crippen MR) is 66.0 cm³/mol. The molecule has 0 spiro atoms. The molecule has 1 aromatic rings. The fourth-order valence-corrected chi connectivity index (χ4v) is 2.61. The third kappa shape index (κ3) is 2.65. The first kappa shape index (κ1) is 14.8. The third-order valence-corrected chi connectivity index (χ3v) is 3.57. The first-order valence-corrected chi connectivity index (χ1v) is 6.40. The highest BCUT2D eigenvalue weighted by Crippen LogP contribution is 2.34. The number of rotatable bonds is 1. The Morgan fingerprint density at radius 2 is 2.00 bits per heavy atom. The Bertz CT molecular complexity index is 574. The number of fused-ring (bicyclic) bond motifs is 1. The predicted octanol–water partition coefficient (Wildman–Crippen LogP) is 2.52. The maximum absolute atomic E-state index is 12.5. The molecular formula is C12H9BrF3NO3. The molecule has 2 rings (SSSR count). The zero-order chi connectivity index (χ0) is 15.1. The van der Waals surface area contributed by atoms with Crippen LogP contribution in [0.4, 0.5) is 13.2 Å². The van der Waals surface area contributed by atoms with Gasteiger partial charge in [0.2, 0.25) is 0 Å². The van der Waals surface area contributed by atoms with Gasteiger partial charge in [-0.1, -0.05) is 22.0 Å². The summed E-state index contributed by atoms with van der Waals surface area (Å²) >= 11 is 3.14. The Balaban J connectivity index is 2.48. The molecule has 0 saturated carbocycles. The molecule has 1 unspecified atom stereocenters. The van der Waals surface area contributed by atoms with E-state index in [-0.39, 0.29) is 18.5 Å². The number of carbonyl (C=O) groups excluding carboxylic acids is 1. The van der Waals surface area contributed by atoms with Gasteiger partial charge < -0.3 is 10.0 Å². The van der Waals surface area contributed by atoms with E-state index in [9.17, 15) is 27.9 Å². The van der Waals surface area contributed by atoms with Crippen molar-refractivity contribution < 1.29 is 27.9 Å². The molecule has 1 atom stereocenters. The number of carboxylic acids is 1. The standard InChI is InChI=1S/C12H9BrF3NO3/c13-7-2-1-6-3-4-17(11(20)12(14,15)16)9(10(18)19)8(6)5-7/h1-2,5,9H,3-4H2,(H,18,19). The summed E-state index contributed by atoms with van der Waals surface area (Å²) in [6, 6.07) is 3.14. The lowest BCUT2D eigenvalue weighted by Crippen LogP contribution is -2.48. The van der Waals surface area contributed by atoms with Crippen LogP contribution in [-0.4, -0.2) is 34.6 Å². The largest absolute Gasteiger partial charge is 0.479 e. The molecule has 108 valence electrons. The highest BCUT2D eigenvalue weighted by atomic mass is 79.9. The molecule has 0 saturated heterocycles. The zero-order valence-corrected chi connectivity index (χ0v) is 11.5. The van der Waals surface area contributed by atoms with E-state index in [1.807, 2.05) is 0 Å². The number of aliphatic carboxylic acids is 1. The number of alkyl halides is 3. The van der Waals surface area contributed by atoms with E-state index in [0.717, 1.165) is 0 Å². The zero-order valence-electron chi connectivity index (χ0n) is 9.95. The Morgan fingerprint density at radius 3 is 2.55 bits per heavy atom. The molecule has 20 heavy (non-hydrogen) atoms. The number of halogens is 4. The number of carboxylic acid groups (broad SMARTS) is 1. The summed E-state index contributed by atoms with van der Waals surface area (Å²) in [6.07, 6.45) is -4.90. The van der Waals surface area contributed by atoms with E-state index in [2.05, 4.69) is 15.9 Å². The van der Waals surface area contributed by atoms with Crippen molar-refractivity contribution in [3.05, 3.63) is 33.8 Å². The second-order valence-corrected chi connectivity index (χ2v) is 5.25. The lowest BCUT2D eigenvalue weighted by molar-refractivity contribution is -0.190. The van der Waals surface area contributed by atoms with E-state index in [4.69, 9.17) is 0 Å². The van der Waals surface area contributed by atoms with Gasteiger partial charge in [-0.05, 0) is 29.7 Å². The molecular weight excluding hydrogens is 343 g/mol. The van der Waals surface area contributed by atoms with Gasteiger partial charge in [0.25, 0.3) is 0 Å². The minimum Gasteiger partial charge on any atom is -0.479 e. The van der Waals surface area contributed by atoms with Crippen LogP contribution < -0.4 is 0 Å². The molecule has 1 aromatic carbocycles. The average molecular weight is 352 g/mol. The fraction of sp³-hybridized carbons (Fsp3) is 0.333. The third-order valence-electron chi connectivity index (χ3n) is 3.07. The van der Waals surface area contributed by atoms with Crippen molar-refractivity contribution in [1.29, 1.82) is 0 Å². The van der Waals surface area contributed by atoms with E-state index in [1.165, 1.54) is 6.07 Å². The molecule has 0 aromatic heterocycles. The van der Waals surface area contributed by atoms with E-state index in [0.29, 0.717) is 14.9 Å². The number of hydrogen-bond donors (Lipinski definition) is 1. The number of nitrogens with zero attached hydrogens (tertiary/aromatic N) is 1. The van der Waals surface area contributed by atoms with E-state index < -0.39 is 24.1 Å². The van der Waals surface area contributed by atoms with E-state index in [1.54, 1.807) is 12.1 Å². The lowest BCUT2D eigenvalue weighted by atomic mass is 9.92. The fourth-order valence-electron chi connectivity index (χ4n) is 2.23. The summed E-state index contributed by atoms with van der Waals surface area (Å²) < 4.78 is 38.1. The SMILES string of the molecule is O=C(O)C1c2cc(Br)ccc2CCN1C(=O)C(F)(F)F. The van der Waals surface area contributed by atoms with Crippen molar-refractivity contribution in [2.75, 3.05) is 6.54 Å². The molecule has 0 aliphatic carbocycles. The smallest absolute Gasteiger partial charge is 0.471 e. The summed E-state index contributed by atoms with van der Waals surface area (Å²) in [4.78, 5) is 23.0. The van der Waals surface area contributed by atoms with Gasteiger partial charge in [-0.3, -0.25) is 4.79 Å². The van der Waals surface area contributed by atoms with E-state index >= 15 is 0 Å². The molecule has 0 bridgehead atoms. The number of benzene rings is 1. The van der Waals surface area contributed by atoms with Gasteiger partial charge in [0.05, 0.1) is 0 Å². The molecule has 0 fully saturated rings. The van der Waals surface area contributed by atoms with Gasteiger partial charge in [-0.2, -0.15) is 13.2 Å². The second kappa shape index (κ2) is 5.08. The maximum Gasteiger partial charge on any atom is 0.471 e. The highest BCUT2D eigenvalue weighted by molar-refractivity contribution is 9.10. The highest BCUT2D eigenvalue weighted by Gasteiger charge is 2.48. The molecule has 0 radical (unpaired) electrons. The van der Waals surface area contributed by atoms with Gasteiger partial charge in [-0.15, -0.1) is 0 Å². The number of amides is 1. The van der Waals surface area contributed by atoms with Crippen molar-refractivity contribution in [1.82, 2.24) is 4.90 Å². The van der Waals surface area contributed by atoms with Crippen molar-refractivity contribution in [2.24, 2.45) is 0 Å². The van der Waals surface area contributed by atoms with Gasteiger partial charge in [0, 0.05) is 11.0 Å². The molecule has 1 heterocycles. The van der Waals surface area contributed by atoms with Crippen LogP contribution in [0.25, 0.3) is 0 Å². The van der Waals surface area contributed by atoms with Crippen LogP contribution in [0.3, 0.4) is 0 Å². The number of carbonyl (C=O) groups is 2. The van der Waals surface area contributed by atoms with Crippen LogP contribution in [0.1, 0.15) is 17.2 Å². The monoisotopic (exact) mass is 351 g/mol. The Morgan fingerprint density at radius 1 is 1.35 bits per heavy atom. The minimum atomic E-state index is -5.09. The van der Waals surface area contributed by atoms with Gasteiger partial charge in [0.15, 0.2) is 6.04 Å². The average Bonchev–Trinajstić information content (AvgIpc) is 2.34. The maximum atomic E-state index is 12.5. The molecule has 1 N–H and O–H groups in total. The van der Waals surface area contributed by atoms with Crippen LogP contribution in [0, 0.1) is 0 Å². The van der Waals surface area contributed by atoms with Crippen LogP contribution in [0.15, 0.2) is 22.7 Å².